The highest BCUT2D eigenvalue weighted by molar-refractivity contribution is 5.79. The predicted molar refractivity (Wildman–Crippen MR) is 89.0 cm³/mol. The SMILES string of the molecule is CN=C(NCCCCN1CCN(C)CC1)NC(C)COC. The summed E-state index contributed by atoms with van der Waals surface area (Å²) in [5.74, 6) is 0.860. The summed E-state index contributed by atoms with van der Waals surface area (Å²) in [4.78, 5) is 9.19. The molecule has 0 aliphatic carbocycles. The zero-order chi connectivity index (χ0) is 15.5. The minimum atomic E-state index is 0.270. The van der Waals surface area contributed by atoms with Gasteiger partial charge in [0.15, 0.2) is 5.96 Å². The van der Waals surface area contributed by atoms with Crippen molar-refractivity contribution in [2.24, 2.45) is 4.99 Å². The Labute approximate surface area is 129 Å². The average molecular weight is 299 g/mol. The van der Waals surface area contributed by atoms with Crippen molar-refractivity contribution in [3.8, 4) is 0 Å². The smallest absolute Gasteiger partial charge is 0.191 e. The number of hydrogen-bond donors (Lipinski definition) is 2. The molecule has 0 radical (unpaired) electrons. The van der Waals surface area contributed by atoms with Gasteiger partial charge in [-0.1, -0.05) is 0 Å². The lowest BCUT2D eigenvalue weighted by Crippen LogP contribution is -2.45. The molecular formula is C15H33N5O. The predicted octanol–water partition coefficient (Wildman–Crippen LogP) is 0.214. The third-order valence-corrected chi connectivity index (χ3v) is 3.81. The van der Waals surface area contributed by atoms with Gasteiger partial charge in [0.25, 0.3) is 0 Å². The first-order valence-electron chi connectivity index (χ1n) is 8.02. The van der Waals surface area contributed by atoms with Crippen LogP contribution in [0.2, 0.25) is 0 Å². The van der Waals surface area contributed by atoms with Crippen LogP contribution in [-0.4, -0.2) is 88.9 Å². The van der Waals surface area contributed by atoms with Gasteiger partial charge in [0.05, 0.1) is 6.61 Å². The molecule has 1 rings (SSSR count). The van der Waals surface area contributed by atoms with Crippen molar-refractivity contribution < 1.29 is 4.74 Å². The van der Waals surface area contributed by atoms with Gasteiger partial charge >= 0.3 is 0 Å². The molecule has 0 spiro atoms. The maximum atomic E-state index is 5.11. The molecule has 0 aromatic rings. The first-order valence-corrected chi connectivity index (χ1v) is 8.02. The van der Waals surface area contributed by atoms with Gasteiger partial charge < -0.3 is 25.2 Å². The molecule has 1 saturated heterocycles. The second-order valence-electron chi connectivity index (χ2n) is 5.85. The van der Waals surface area contributed by atoms with Gasteiger partial charge in [-0.15, -0.1) is 0 Å². The van der Waals surface area contributed by atoms with Gasteiger partial charge in [-0.2, -0.15) is 0 Å². The van der Waals surface area contributed by atoms with E-state index >= 15 is 0 Å². The van der Waals surface area contributed by atoms with Crippen LogP contribution in [0.4, 0.5) is 0 Å². The van der Waals surface area contributed by atoms with Crippen LogP contribution in [0.3, 0.4) is 0 Å². The van der Waals surface area contributed by atoms with Crippen LogP contribution >= 0.6 is 0 Å². The van der Waals surface area contributed by atoms with E-state index in [1.807, 2.05) is 0 Å². The summed E-state index contributed by atoms with van der Waals surface area (Å²) in [5, 5.41) is 6.67. The number of hydrogen-bond acceptors (Lipinski definition) is 4. The first kappa shape index (κ1) is 18.2. The molecule has 1 atom stereocenters. The van der Waals surface area contributed by atoms with Crippen LogP contribution in [0.5, 0.6) is 0 Å². The summed E-state index contributed by atoms with van der Waals surface area (Å²) in [6, 6.07) is 0.270. The number of aliphatic imine (C=N–C) groups is 1. The van der Waals surface area contributed by atoms with Crippen LogP contribution in [0.25, 0.3) is 0 Å². The molecule has 21 heavy (non-hydrogen) atoms. The Morgan fingerprint density at radius 3 is 2.57 bits per heavy atom. The van der Waals surface area contributed by atoms with Gasteiger partial charge in [0, 0.05) is 52.9 Å². The Balaban J connectivity index is 2.04. The molecule has 0 amide bonds. The average Bonchev–Trinajstić information content (AvgIpc) is 2.48. The fraction of sp³-hybridized carbons (Fsp3) is 0.933. The lowest BCUT2D eigenvalue weighted by atomic mass is 10.2. The number of ether oxygens (including phenoxy) is 1. The minimum Gasteiger partial charge on any atom is -0.383 e. The number of unbranched alkanes of at least 4 members (excludes halogenated alkanes) is 1. The lowest BCUT2D eigenvalue weighted by Gasteiger charge is -2.32. The summed E-state index contributed by atoms with van der Waals surface area (Å²) >= 11 is 0. The van der Waals surface area contributed by atoms with Crippen LogP contribution in [-0.2, 0) is 4.74 Å². The Morgan fingerprint density at radius 2 is 1.95 bits per heavy atom. The normalized spacial score (nSPS) is 19.5. The van der Waals surface area contributed by atoms with E-state index in [1.54, 1.807) is 14.2 Å². The molecule has 6 nitrogen and oxygen atoms in total. The highest BCUT2D eigenvalue weighted by atomic mass is 16.5. The molecule has 0 saturated carbocycles. The maximum absolute atomic E-state index is 5.11. The summed E-state index contributed by atoms with van der Waals surface area (Å²) in [7, 11) is 5.72. The van der Waals surface area contributed by atoms with Gasteiger partial charge in [0.2, 0.25) is 0 Å². The highest BCUT2D eigenvalue weighted by Gasteiger charge is 2.12. The lowest BCUT2D eigenvalue weighted by molar-refractivity contribution is 0.152. The Morgan fingerprint density at radius 1 is 1.24 bits per heavy atom. The third kappa shape index (κ3) is 8.24. The molecular weight excluding hydrogens is 266 g/mol. The van der Waals surface area contributed by atoms with Crippen LogP contribution in [0.1, 0.15) is 19.8 Å². The van der Waals surface area contributed by atoms with Gasteiger partial charge in [-0.05, 0) is 33.4 Å². The van der Waals surface area contributed by atoms with E-state index in [0.29, 0.717) is 6.61 Å². The van der Waals surface area contributed by atoms with Crippen LogP contribution in [0.15, 0.2) is 4.99 Å². The molecule has 0 aromatic carbocycles. The van der Waals surface area contributed by atoms with Gasteiger partial charge in [-0.25, -0.2) is 0 Å². The highest BCUT2D eigenvalue weighted by Crippen LogP contribution is 2.01. The quantitative estimate of drug-likeness (QED) is 0.381. The van der Waals surface area contributed by atoms with E-state index < -0.39 is 0 Å². The topological polar surface area (TPSA) is 52.1 Å². The fourth-order valence-corrected chi connectivity index (χ4v) is 2.46. The van der Waals surface area contributed by atoms with Crippen molar-refractivity contribution in [1.29, 1.82) is 0 Å². The number of likely N-dealkylation sites (N-methyl/N-ethyl adjacent to an activating group) is 1. The molecule has 0 aromatic heterocycles. The van der Waals surface area contributed by atoms with E-state index in [4.69, 9.17) is 4.74 Å². The van der Waals surface area contributed by atoms with Crippen LogP contribution < -0.4 is 10.6 Å². The first-order chi connectivity index (χ1) is 10.2. The van der Waals surface area contributed by atoms with E-state index in [-0.39, 0.29) is 6.04 Å². The van der Waals surface area contributed by atoms with Crippen LogP contribution in [0, 0.1) is 0 Å². The molecule has 1 aliphatic rings. The standard InChI is InChI=1S/C15H33N5O/c1-14(13-21-4)18-15(16-2)17-7-5-6-8-20-11-9-19(3)10-12-20/h14H,5-13H2,1-4H3,(H2,16,17,18). The Hall–Kier alpha value is -0.850. The van der Waals surface area contributed by atoms with Crippen molar-refractivity contribution in [2.45, 2.75) is 25.8 Å². The second-order valence-corrected chi connectivity index (χ2v) is 5.85. The molecule has 1 unspecified atom stereocenters. The zero-order valence-corrected chi connectivity index (χ0v) is 14.2. The van der Waals surface area contributed by atoms with Crippen molar-refractivity contribution in [2.75, 3.05) is 67.1 Å². The Bertz CT molecular complexity index is 290. The number of methoxy groups -OCH3 is 1. The summed E-state index contributed by atoms with van der Waals surface area (Å²) in [5.41, 5.74) is 0. The van der Waals surface area contributed by atoms with Crippen molar-refractivity contribution in [3.63, 3.8) is 0 Å². The van der Waals surface area contributed by atoms with Gasteiger partial charge in [-0.3, -0.25) is 4.99 Å². The van der Waals surface area contributed by atoms with E-state index in [9.17, 15) is 0 Å². The van der Waals surface area contributed by atoms with Crippen molar-refractivity contribution >= 4 is 5.96 Å². The zero-order valence-electron chi connectivity index (χ0n) is 14.2. The summed E-state index contributed by atoms with van der Waals surface area (Å²) < 4.78 is 5.11. The number of rotatable bonds is 8. The largest absolute Gasteiger partial charge is 0.383 e. The molecule has 0 bridgehead atoms. The van der Waals surface area contributed by atoms with Crippen molar-refractivity contribution in [3.05, 3.63) is 0 Å². The molecule has 1 fully saturated rings. The number of nitrogens with zero attached hydrogens (tertiary/aromatic N) is 3. The number of guanidine groups is 1. The van der Waals surface area contributed by atoms with Crippen molar-refractivity contribution in [1.82, 2.24) is 20.4 Å². The number of nitrogens with one attached hydrogen (secondary N) is 2. The summed E-state index contributed by atoms with van der Waals surface area (Å²) in [6.45, 7) is 9.77. The second kappa shape index (κ2) is 10.8. The molecule has 2 N–H and O–H groups in total. The Kier molecular flexibility index (Phi) is 9.37. The van der Waals surface area contributed by atoms with E-state index in [1.165, 1.54) is 45.6 Å². The number of piperazine rings is 1. The van der Waals surface area contributed by atoms with Gasteiger partial charge in [0.1, 0.15) is 0 Å². The summed E-state index contributed by atoms with van der Waals surface area (Å²) in [6.07, 6.45) is 2.41. The van der Waals surface area contributed by atoms with E-state index in [2.05, 4.69) is 39.4 Å². The van der Waals surface area contributed by atoms with E-state index in [0.717, 1.165) is 12.5 Å². The monoisotopic (exact) mass is 299 g/mol. The molecule has 124 valence electrons. The fourth-order valence-electron chi connectivity index (χ4n) is 2.46. The minimum absolute atomic E-state index is 0.270. The molecule has 1 heterocycles. The molecule has 6 heteroatoms. The maximum Gasteiger partial charge on any atom is 0.191 e. The third-order valence-electron chi connectivity index (χ3n) is 3.81. The molecule has 1 aliphatic heterocycles.